The summed E-state index contributed by atoms with van der Waals surface area (Å²) in [5.74, 6) is 0.425. The number of morpholine rings is 1. The fraction of sp³-hybridized carbons (Fsp3) is 0.455. The van der Waals surface area contributed by atoms with Crippen LogP contribution in [0, 0.1) is 0 Å². The molecule has 0 bridgehead atoms. The number of anilines is 1. The van der Waals surface area contributed by atoms with Crippen LogP contribution in [-0.2, 0) is 11.3 Å². The Morgan fingerprint density at radius 3 is 2.58 bits per heavy atom. The third-order valence-corrected chi connectivity index (χ3v) is 5.62. The fourth-order valence-electron chi connectivity index (χ4n) is 4.24. The van der Waals surface area contributed by atoms with E-state index in [0.717, 1.165) is 52.4 Å². The lowest BCUT2D eigenvalue weighted by Gasteiger charge is -2.30. The molecule has 1 fully saturated rings. The summed E-state index contributed by atoms with van der Waals surface area (Å²) >= 11 is 0. The molecule has 0 aliphatic carbocycles. The number of ether oxygens (including phenoxy) is 1. The highest BCUT2D eigenvalue weighted by molar-refractivity contribution is 5.53. The molecule has 0 radical (unpaired) electrons. The van der Waals surface area contributed by atoms with Crippen LogP contribution in [0.4, 0.5) is 5.69 Å². The van der Waals surface area contributed by atoms with Crippen LogP contribution in [0.1, 0.15) is 29.0 Å². The van der Waals surface area contributed by atoms with Crippen LogP contribution in [-0.4, -0.2) is 56.0 Å². The molecule has 1 atom stereocenters. The topological polar surface area (TPSA) is 35.9 Å². The molecule has 2 aliphatic heterocycles. The second kappa shape index (κ2) is 8.21. The summed E-state index contributed by atoms with van der Waals surface area (Å²) in [6.07, 6.45) is 1.09. The Morgan fingerprint density at radius 1 is 1.00 bits per heavy atom. The predicted octanol–water partition coefficient (Wildman–Crippen LogP) is 2.85. The van der Waals surface area contributed by atoms with E-state index in [1.807, 2.05) is 0 Å². The summed E-state index contributed by atoms with van der Waals surface area (Å²) in [6.45, 7) is 6.42. The monoisotopic (exact) mass is 352 g/mol. The summed E-state index contributed by atoms with van der Waals surface area (Å²) < 4.78 is 5.50. The second-order valence-corrected chi connectivity index (χ2v) is 7.23. The van der Waals surface area contributed by atoms with Crippen LogP contribution in [0.5, 0.6) is 0 Å². The first-order valence-corrected chi connectivity index (χ1v) is 9.69. The summed E-state index contributed by atoms with van der Waals surface area (Å²) in [5, 5.41) is 9.44. The van der Waals surface area contributed by atoms with Crippen molar-refractivity contribution in [2.75, 3.05) is 50.9 Å². The molecule has 0 aromatic heterocycles. The molecule has 4 rings (SSSR count). The normalized spacial score (nSPS) is 21.3. The number of fused-ring (bicyclic) bond motifs is 1. The first-order chi connectivity index (χ1) is 12.8. The molecule has 0 amide bonds. The van der Waals surface area contributed by atoms with Crippen molar-refractivity contribution in [3.63, 3.8) is 0 Å². The van der Waals surface area contributed by atoms with E-state index in [-0.39, 0.29) is 6.61 Å². The molecule has 1 unspecified atom stereocenters. The fourth-order valence-corrected chi connectivity index (χ4v) is 4.24. The number of hydrogen-bond donors (Lipinski definition) is 1. The smallest absolute Gasteiger partial charge is 0.0642 e. The van der Waals surface area contributed by atoms with Gasteiger partial charge >= 0.3 is 0 Å². The Morgan fingerprint density at radius 2 is 1.81 bits per heavy atom. The van der Waals surface area contributed by atoms with Crippen molar-refractivity contribution >= 4 is 5.69 Å². The summed E-state index contributed by atoms with van der Waals surface area (Å²) in [5.41, 5.74) is 5.52. The number of rotatable bonds is 4. The van der Waals surface area contributed by atoms with E-state index in [0.29, 0.717) is 5.92 Å². The lowest BCUT2D eigenvalue weighted by molar-refractivity contribution is 0.122. The second-order valence-electron chi connectivity index (χ2n) is 7.23. The maximum atomic E-state index is 9.44. The average molecular weight is 352 g/mol. The number of aliphatic hydroxyl groups excluding tert-OH is 1. The van der Waals surface area contributed by atoms with E-state index in [1.54, 1.807) is 0 Å². The van der Waals surface area contributed by atoms with Crippen LogP contribution >= 0.6 is 0 Å². The van der Waals surface area contributed by atoms with Gasteiger partial charge in [0.1, 0.15) is 0 Å². The molecule has 4 nitrogen and oxygen atoms in total. The van der Waals surface area contributed by atoms with Crippen LogP contribution in [0.3, 0.4) is 0 Å². The maximum absolute atomic E-state index is 9.44. The number of nitrogens with zero attached hydrogens (tertiary/aromatic N) is 2. The van der Waals surface area contributed by atoms with Crippen molar-refractivity contribution in [3.05, 3.63) is 65.2 Å². The standard InChI is InChI=1S/C22H28N2O2/c25-13-10-23-9-8-22(18-4-2-1-3-5-18)21-7-6-20(16-19(21)17-23)24-11-14-26-15-12-24/h1-7,16,22,25H,8-15,17H2. The van der Waals surface area contributed by atoms with Crippen molar-refractivity contribution < 1.29 is 9.84 Å². The number of β-amino-alcohol motifs (C(OH)–C–C–N with tert-alkyl or cyclic N) is 1. The number of hydrogen-bond acceptors (Lipinski definition) is 4. The Kier molecular flexibility index (Phi) is 5.54. The zero-order valence-corrected chi connectivity index (χ0v) is 15.3. The van der Waals surface area contributed by atoms with Crippen LogP contribution in [0.15, 0.2) is 48.5 Å². The number of benzene rings is 2. The van der Waals surface area contributed by atoms with Crippen molar-refractivity contribution in [3.8, 4) is 0 Å². The molecule has 1 saturated heterocycles. The van der Waals surface area contributed by atoms with Crippen LogP contribution in [0.25, 0.3) is 0 Å². The molecule has 0 spiro atoms. The van der Waals surface area contributed by atoms with E-state index in [2.05, 4.69) is 58.3 Å². The highest BCUT2D eigenvalue weighted by atomic mass is 16.5. The summed E-state index contributed by atoms with van der Waals surface area (Å²) in [7, 11) is 0. The molecule has 0 saturated carbocycles. The van der Waals surface area contributed by atoms with Gasteiger partial charge < -0.3 is 14.7 Å². The summed E-state index contributed by atoms with van der Waals surface area (Å²) in [4.78, 5) is 4.80. The molecule has 2 aromatic rings. The van der Waals surface area contributed by atoms with Gasteiger partial charge in [-0.2, -0.15) is 0 Å². The largest absolute Gasteiger partial charge is 0.395 e. The molecule has 138 valence electrons. The van der Waals surface area contributed by atoms with Gasteiger partial charge in [0.25, 0.3) is 0 Å². The van der Waals surface area contributed by atoms with Crippen LogP contribution in [0.2, 0.25) is 0 Å². The molecule has 26 heavy (non-hydrogen) atoms. The van der Waals surface area contributed by atoms with Crippen molar-refractivity contribution in [2.45, 2.75) is 18.9 Å². The van der Waals surface area contributed by atoms with Crippen molar-refractivity contribution in [1.82, 2.24) is 4.90 Å². The third kappa shape index (κ3) is 3.78. The minimum Gasteiger partial charge on any atom is -0.395 e. The van der Waals surface area contributed by atoms with E-state index in [1.165, 1.54) is 22.4 Å². The third-order valence-electron chi connectivity index (χ3n) is 5.62. The zero-order valence-electron chi connectivity index (χ0n) is 15.3. The van der Waals surface area contributed by atoms with Gasteiger partial charge in [0.05, 0.1) is 19.8 Å². The molecule has 2 aliphatic rings. The lowest BCUT2D eigenvalue weighted by Crippen LogP contribution is -2.36. The SMILES string of the molecule is OCCN1CCC(c2ccccc2)c2ccc(N3CCOCC3)cc2C1. The molecule has 2 heterocycles. The minimum absolute atomic E-state index is 0.217. The highest BCUT2D eigenvalue weighted by Gasteiger charge is 2.24. The lowest BCUT2D eigenvalue weighted by atomic mass is 9.86. The summed E-state index contributed by atoms with van der Waals surface area (Å²) in [6, 6.07) is 17.8. The Labute approximate surface area is 156 Å². The van der Waals surface area contributed by atoms with Gasteiger partial charge in [0.2, 0.25) is 0 Å². The van der Waals surface area contributed by atoms with E-state index in [4.69, 9.17) is 4.74 Å². The highest BCUT2D eigenvalue weighted by Crippen LogP contribution is 2.36. The Hall–Kier alpha value is -1.88. The molecular weight excluding hydrogens is 324 g/mol. The molecule has 2 aromatic carbocycles. The Bertz CT molecular complexity index is 713. The average Bonchev–Trinajstić information content (AvgIpc) is 2.88. The van der Waals surface area contributed by atoms with Crippen molar-refractivity contribution in [2.24, 2.45) is 0 Å². The predicted molar refractivity (Wildman–Crippen MR) is 105 cm³/mol. The minimum atomic E-state index is 0.217. The van der Waals surface area contributed by atoms with Gasteiger partial charge in [0.15, 0.2) is 0 Å². The molecule has 1 N–H and O–H groups in total. The van der Waals surface area contributed by atoms with Crippen LogP contribution < -0.4 is 4.90 Å². The van der Waals surface area contributed by atoms with Gasteiger partial charge in [-0.3, -0.25) is 4.90 Å². The van der Waals surface area contributed by atoms with Gasteiger partial charge in [-0.05, 0) is 41.8 Å². The maximum Gasteiger partial charge on any atom is 0.0642 e. The zero-order chi connectivity index (χ0) is 17.8. The van der Waals surface area contributed by atoms with Gasteiger partial charge in [-0.15, -0.1) is 0 Å². The van der Waals surface area contributed by atoms with E-state index >= 15 is 0 Å². The Balaban J connectivity index is 1.69. The van der Waals surface area contributed by atoms with Gasteiger partial charge in [0, 0.05) is 37.8 Å². The van der Waals surface area contributed by atoms with E-state index in [9.17, 15) is 5.11 Å². The molecular formula is C22H28N2O2. The van der Waals surface area contributed by atoms with E-state index < -0.39 is 0 Å². The molecule has 4 heteroatoms. The van der Waals surface area contributed by atoms with Crippen molar-refractivity contribution in [1.29, 1.82) is 0 Å². The quantitative estimate of drug-likeness (QED) is 0.918. The first-order valence-electron chi connectivity index (χ1n) is 9.69. The van der Waals surface area contributed by atoms with Gasteiger partial charge in [-0.25, -0.2) is 0 Å². The first kappa shape index (κ1) is 17.5. The van der Waals surface area contributed by atoms with Gasteiger partial charge in [-0.1, -0.05) is 36.4 Å². The number of aliphatic hydroxyl groups is 1.